The van der Waals surface area contributed by atoms with E-state index in [-0.39, 0.29) is 24.7 Å². The second kappa shape index (κ2) is 8.99. The van der Waals surface area contributed by atoms with Crippen molar-refractivity contribution in [2.45, 2.75) is 26.7 Å². The molecule has 2 aromatic carbocycles. The molecule has 0 aliphatic heterocycles. The van der Waals surface area contributed by atoms with Crippen LogP contribution in [0.5, 0.6) is 0 Å². The lowest BCUT2D eigenvalue weighted by molar-refractivity contribution is -0.124. The van der Waals surface area contributed by atoms with Crippen LogP contribution >= 0.6 is 11.6 Å². The van der Waals surface area contributed by atoms with E-state index >= 15 is 0 Å². The second-order valence-electron chi connectivity index (χ2n) is 5.68. The lowest BCUT2D eigenvalue weighted by atomic mass is 10.1. The van der Waals surface area contributed by atoms with Gasteiger partial charge in [0.15, 0.2) is 0 Å². The first-order valence-electron chi connectivity index (χ1n) is 7.89. The highest BCUT2D eigenvalue weighted by atomic mass is 35.5. The summed E-state index contributed by atoms with van der Waals surface area (Å²) >= 11 is 5.98. The van der Waals surface area contributed by atoms with Crippen LogP contribution in [0.2, 0.25) is 5.02 Å². The Morgan fingerprint density at radius 3 is 2.52 bits per heavy atom. The molecule has 0 atom stereocenters. The smallest absolute Gasteiger partial charge is 0.240 e. The predicted molar refractivity (Wildman–Crippen MR) is 101 cm³/mol. The number of benzene rings is 2. The maximum Gasteiger partial charge on any atom is 0.240 e. The molecule has 6 heteroatoms. The monoisotopic (exact) mass is 357 g/mol. The number of carbonyl (C=O) groups excluding carboxylic acids is 2. The summed E-state index contributed by atoms with van der Waals surface area (Å²) in [5, 5.41) is 7.20. The van der Waals surface area contributed by atoms with E-state index in [4.69, 9.17) is 11.6 Å². The number of hydrazone groups is 1. The number of nitrogens with zero attached hydrogens (tertiary/aromatic N) is 1. The molecule has 130 valence electrons. The van der Waals surface area contributed by atoms with Crippen LogP contribution in [0.25, 0.3) is 0 Å². The number of halogens is 1. The Bertz CT molecular complexity index is 803. The van der Waals surface area contributed by atoms with Crippen molar-refractivity contribution in [3.63, 3.8) is 0 Å². The molecule has 0 saturated carbocycles. The molecule has 0 radical (unpaired) electrons. The number of anilines is 1. The molecule has 2 amide bonds. The summed E-state index contributed by atoms with van der Waals surface area (Å²) in [6.07, 6.45) is 1.60. The molecule has 2 rings (SSSR count). The van der Waals surface area contributed by atoms with Crippen molar-refractivity contribution < 1.29 is 9.59 Å². The molecule has 0 aliphatic carbocycles. The number of nitrogens with one attached hydrogen (secondary N) is 2. The van der Waals surface area contributed by atoms with Gasteiger partial charge in [-0.3, -0.25) is 9.59 Å². The van der Waals surface area contributed by atoms with Crippen molar-refractivity contribution in [3.8, 4) is 0 Å². The summed E-state index contributed by atoms with van der Waals surface area (Å²) in [6, 6.07) is 12.9. The van der Waals surface area contributed by atoms with Crippen LogP contribution in [0.4, 0.5) is 5.69 Å². The highest BCUT2D eigenvalue weighted by Gasteiger charge is 2.08. The van der Waals surface area contributed by atoms with Crippen LogP contribution in [-0.4, -0.2) is 18.0 Å². The Kier molecular flexibility index (Phi) is 6.71. The van der Waals surface area contributed by atoms with Crippen molar-refractivity contribution in [1.29, 1.82) is 0 Å². The van der Waals surface area contributed by atoms with E-state index in [1.54, 1.807) is 12.1 Å². The van der Waals surface area contributed by atoms with Gasteiger partial charge in [-0.15, -0.1) is 0 Å². The van der Waals surface area contributed by atoms with Gasteiger partial charge in [0.05, 0.1) is 6.21 Å². The molecule has 0 saturated heterocycles. The normalized spacial score (nSPS) is 10.7. The van der Waals surface area contributed by atoms with Gasteiger partial charge in [-0.2, -0.15) is 5.10 Å². The molecule has 0 heterocycles. The van der Waals surface area contributed by atoms with Crippen molar-refractivity contribution in [1.82, 2.24) is 5.43 Å². The Labute approximate surface area is 152 Å². The first-order chi connectivity index (χ1) is 12.0. The van der Waals surface area contributed by atoms with E-state index in [9.17, 15) is 9.59 Å². The van der Waals surface area contributed by atoms with Crippen LogP contribution in [0.15, 0.2) is 47.6 Å². The van der Waals surface area contributed by atoms with Gasteiger partial charge in [0.2, 0.25) is 11.8 Å². The van der Waals surface area contributed by atoms with Gasteiger partial charge < -0.3 is 5.32 Å². The molecule has 0 aromatic heterocycles. The molecule has 2 N–H and O–H groups in total. The van der Waals surface area contributed by atoms with Crippen LogP contribution < -0.4 is 10.7 Å². The average molecular weight is 358 g/mol. The van der Waals surface area contributed by atoms with Gasteiger partial charge in [-0.05, 0) is 31.5 Å². The minimum atomic E-state index is -0.334. The number of amides is 2. The van der Waals surface area contributed by atoms with Gasteiger partial charge in [-0.25, -0.2) is 5.43 Å². The standard InChI is InChI=1S/C19H20ClN3O2/c1-13-7-8-17(14(2)11-13)22-18(24)9-10-19(25)23-21-12-15-5-3-4-6-16(15)20/h3-8,11-12H,9-10H2,1-2H3,(H,22,24)(H,23,25)/b21-12-. The van der Waals surface area contributed by atoms with E-state index in [2.05, 4.69) is 15.8 Å². The van der Waals surface area contributed by atoms with Gasteiger partial charge in [0.1, 0.15) is 0 Å². The molecule has 0 aliphatic rings. The topological polar surface area (TPSA) is 70.6 Å². The summed E-state index contributed by atoms with van der Waals surface area (Å²) in [5.41, 5.74) is 5.97. The van der Waals surface area contributed by atoms with E-state index in [0.717, 1.165) is 16.8 Å². The summed E-state index contributed by atoms with van der Waals surface area (Å²) in [5.74, 6) is -0.545. The maximum absolute atomic E-state index is 11.9. The Morgan fingerprint density at radius 2 is 1.80 bits per heavy atom. The quantitative estimate of drug-likeness (QED) is 0.609. The van der Waals surface area contributed by atoms with Crippen molar-refractivity contribution in [3.05, 3.63) is 64.2 Å². The summed E-state index contributed by atoms with van der Waals surface area (Å²) in [4.78, 5) is 23.7. The van der Waals surface area contributed by atoms with Crippen molar-refractivity contribution in [2.24, 2.45) is 5.10 Å². The average Bonchev–Trinajstić information content (AvgIpc) is 2.57. The van der Waals surface area contributed by atoms with Crippen LogP contribution in [-0.2, 0) is 9.59 Å². The third kappa shape index (κ3) is 6.04. The third-order valence-corrected chi connectivity index (χ3v) is 3.88. The molecular formula is C19H20ClN3O2. The van der Waals surface area contributed by atoms with Crippen molar-refractivity contribution >= 4 is 35.3 Å². The van der Waals surface area contributed by atoms with Gasteiger partial charge in [0.25, 0.3) is 0 Å². The van der Waals surface area contributed by atoms with Crippen molar-refractivity contribution in [2.75, 3.05) is 5.32 Å². The Balaban J connectivity index is 1.77. The SMILES string of the molecule is Cc1ccc(NC(=O)CCC(=O)N/N=C\c2ccccc2Cl)c(C)c1. The highest BCUT2D eigenvalue weighted by Crippen LogP contribution is 2.16. The largest absolute Gasteiger partial charge is 0.326 e. The summed E-state index contributed by atoms with van der Waals surface area (Å²) in [6.45, 7) is 3.92. The number of hydrogen-bond donors (Lipinski definition) is 2. The van der Waals surface area contributed by atoms with E-state index < -0.39 is 0 Å². The lowest BCUT2D eigenvalue weighted by Gasteiger charge is -2.08. The fraction of sp³-hybridized carbons (Fsp3) is 0.211. The van der Waals surface area contributed by atoms with Crippen LogP contribution in [0.1, 0.15) is 29.5 Å². The number of rotatable bonds is 6. The van der Waals surface area contributed by atoms with Gasteiger partial charge in [0, 0.05) is 29.1 Å². The fourth-order valence-electron chi connectivity index (χ4n) is 2.20. The zero-order valence-corrected chi connectivity index (χ0v) is 14.9. The molecular weight excluding hydrogens is 338 g/mol. The molecule has 2 aromatic rings. The fourth-order valence-corrected chi connectivity index (χ4v) is 2.39. The number of carbonyl (C=O) groups is 2. The second-order valence-corrected chi connectivity index (χ2v) is 6.09. The maximum atomic E-state index is 11.9. The molecule has 0 unspecified atom stereocenters. The first kappa shape index (κ1) is 18.7. The van der Waals surface area contributed by atoms with E-state index in [1.165, 1.54) is 6.21 Å². The summed E-state index contributed by atoms with van der Waals surface area (Å²) in [7, 11) is 0. The van der Waals surface area contributed by atoms with Gasteiger partial charge >= 0.3 is 0 Å². The Morgan fingerprint density at radius 1 is 1.08 bits per heavy atom. The van der Waals surface area contributed by atoms with E-state index in [1.807, 2.05) is 44.2 Å². The zero-order valence-electron chi connectivity index (χ0n) is 14.2. The number of aryl methyl sites for hydroxylation is 2. The zero-order chi connectivity index (χ0) is 18.2. The van der Waals surface area contributed by atoms with Crippen LogP contribution in [0, 0.1) is 13.8 Å². The summed E-state index contributed by atoms with van der Waals surface area (Å²) < 4.78 is 0. The first-order valence-corrected chi connectivity index (χ1v) is 8.27. The lowest BCUT2D eigenvalue weighted by Crippen LogP contribution is -2.20. The Hall–Kier alpha value is -2.66. The minimum Gasteiger partial charge on any atom is -0.326 e. The molecule has 0 bridgehead atoms. The molecule has 0 fully saturated rings. The number of hydrogen-bond acceptors (Lipinski definition) is 3. The predicted octanol–water partition coefficient (Wildman–Crippen LogP) is 3.83. The molecule has 25 heavy (non-hydrogen) atoms. The minimum absolute atomic E-state index is 0.0522. The molecule has 0 spiro atoms. The highest BCUT2D eigenvalue weighted by molar-refractivity contribution is 6.33. The third-order valence-electron chi connectivity index (χ3n) is 3.53. The van der Waals surface area contributed by atoms with Gasteiger partial charge in [-0.1, -0.05) is 47.5 Å². The molecule has 5 nitrogen and oxygen atoms in total. The van der Waals surface area contributed by atoms with Crippen LogP contribution in [0.3, 0.4) is 0 Å². The van der Waals surface area contributed by atoms with E-state index in [0.29, 0.717) is 10.6 Å².